The molecule has 106 valence electrons. The zero-order valence-electron chi connectivity index (χ0n) is 11.1. The number of hydrogen-bond acceptors (Lipinski definition) is 4. The van der Waals surface area contributed by atoms with Crippen LogP contribution in [-0.4, -0.2) is 28.1 Å². The SMILES string of the molecule is CN(CCCn1ccnc1)c1ccc([N+](=O)[O-])cc1Cl. The lowest BCUT2D eigenvalue weighted by atomic mass is 10.2. The van der Waals surface area contributed by atoms with Crippen LogP contribution in [-0.2, 0) is 6.54 Å². The molecule has 0 aliphatic rings. The molecule has 0 saturated carbocycles. The summed E-state index contributed by atoms with van der Waals surface area (Å²) in [6.45, 7) is 1.67. The van der Waals surface area contributed by atoms with Crippen molar-refractivity contribution in [3.8, 4) is 0 Å². The number of imidazole rings is 1. The molecule has 20 heavy (non-hydrogen) atoms. The molecule has 0 saturated heterocycles. The topological polar surface area (TPSA) is 64.2 Å². The number of nitro groups is 1. The summed E-state index contributed by atoms with van der Waals surface area (Å²) in [6.07, 6.45) is 6.37. The van der Waals surface area contributed by atoms with Crippen molar-refractivity contribution in [1.82, 2.24) is 9.55 Å². The van der Waals surface area contributed by atoms with Crippen LogP contribution < -0.4 is 4.90 Å². The van der Waals surface area contributed by atoms with Gasteiger partial charge in [-0.15, -0.1) is 0 Å². The van der Waals surface area contributed by atoms with Gasteiger partial charge in [-0.2, -0.15) is 0 Å². The molecule has 2 aromatic rings. The fraction of sp³-hybridized carbons (Fsp3) is 0.308. The van der Waals surface area contributed by atoms with Crippen LogP contribution in [0.3, 0.4) is 0 Å². The van der Waals surface area contributed by atoms with Gasteiger partial charge in [-0.1, -0.05) is 11.6 Å². The smallest absolute Gasteiger partial charge is 0.271 e. The number of anilines is 1. The van der Waals surface area contributed by atoms with E-state index in [1.807, 2.05) is 22.7 Å². The first-order valence-corrected chi connectivity index (χ1v) is 6.56. The van der Waals surface area contributed by atoms with Gasteiger partial charge in [0.05, 0.1) is 22.0 Å². The van der Waals surface area contributed by atoms with E-state index >= 15 is 0 Å². The van der Waals surface area contributed by atoms with Crippen LogP contribution in [0.1, 0.15) is 6.42 Å². The number of hydrogen-bond donors (Lipinski definition) is 0. The van der Waals surface area contributed by atoms with E-state index in [0.717, 1.165) is 25.2 Å². The number of halogens is 1. The number of nitro benzene ring substituents is 1. The average Bonchev–Trinajstić information content (AvgIpc) is 2.91. The number of benzene rings is 1. The van der Waals surface area contributed by atoms with E-state index < -0.39 is 4.92 Å². The third kappa shape index (κ3) is 3.48. The number of aryl methyl sites for hydroxylation is 1. The van der Waals surface area contributed by atoms with E-state index in [-0.39, 0.29) is 5.69 Å². The molecule has 0 atom stereocenters. The minimum atomic E-state index is -0.450. The van der Waals surface area contributed by atoms with E-state index in [9.17, 15) is 10.1 Å². The predicted molar refractivity (Wildman–Crippen MR) is 78.2 cm³/mol. The maximum atomic E-state index is 10.7. The lowest BCUT2D eigenvalue weighted by Gasteiger charge is -2.20. The minimum absolute atomic E-state index is 0.00515. The summed E-state index contributed by atoms with van der Waals surface area (Å²) >= 11 is 6.09. The van der Waals surface area contributed by atoms with Crippen molar-refractivity contribution in [3.05, 3.63) is 52.1 Å². The number of nitrogens with zero attached hydrogens (tertiary/aromatic N) is 4. The van der Waals surface area contributed by atoms with Gasteiger partial charge in [0.15, 0.2) is 0 Å². The van der Waals surface area contributed by atoms with Crippen LogP contribution in [0.5, 0.6) is 0 Å². The van der Waals surface area contributed by atoms with Crippen molar-refractivity contribution in [3.63, 3.8) is 0 Å². The van der Waals surface area contributed by atoms with Gasteiger partial charge in [0.25, 0.3) is 5.69 Å². The maximum Gasteiger partial charge on any atom is 0.271 e. The molecular formula is C13H15ClN4O2. The van der Waals surface area contributed by atoms with Crippen molar-refractivity contribution in [2.45, 2.75) is 13.0 Å². The molecule has 1 heterocycles. The number of aromatic nitrogens is 2. The number of non-ortho nitro benzene ring substituents is 1. The minimum Gasteiger partial charge on any atom is -0.373 e. The zero-order valence-corrected chi connectivity index (χ0v) is 11.8. The second-order valence-corrected chi connectivity index (χ2v) is 4.88. The Balaban J connectivity index is 1.95. The molecular weight excluding hydrogens is 280 g/mol. The van der Waals surface area contributed by atoms with Crippen molar-refractivity contribution in [2.24, 2.45) is 0 Å². The van der Waals surface area contributed by atoms with Crippen LogP contribution >= 0.6 is 11.6 Å². The Bertz CT molecular complexity index is 586. The Morgan fingerprint density at radius 3 is 2.90 bits per heavy atom. The Labute approximate surface area is 121 Å². The molecule has 0 aliphatic carbocycles. The van der Waals surface area contributed by atoms with Gasteiger partial charge in [-0.3, -0.25) is 10.1 Å². The highest BCUT2D eigenvalue weighted by atomic mass is 35.5. The first-order valence-electron chi connectivity index (χ1n) is 6.19. The Kier molecular flexibility index (Phi) is 4.57. The Hall–Kier alpha value is -2.08. The van der Waals surface area contributed by atoms with E-state index in [1.165, 1.54) is 12.1 Å². The highest BCUT2D eigenvalue weighted by Crippen LogP contribution is 2.29. The fourth-order valence-electron chi connectivity index (χ4n) is 1.95. The van der Waals surface area contributed by atoms with E-state index in [2.05, 4.69) is 4.98 Å². The average molecular weight is 295 g/mol. The Morgan fingerprint density at radius 1 is 1.50 bits per heavy atom. The van der Waals surface area contributed by atoms with Crippen LogP contribution in [0.2, 0.25) is 5.02 Å². The maximum absolute atomic E-state index is 10.7. The molecule has 0 unspecified atom stereocenters. The summed E-state index contributed by atoms with van der Waals surface area (Å²) in [5, 5.41) is 11.1. The summed E-state index contributed by atoms with van der Waals surface area (Å²) in [7, 11) is 1.92. The zero-order chi connectivity index (χ0) is 14.5. The molecule has 1 aromatic carbocycles. The second-order valence-electron chi connectivity index (χ2n) is 4.47. The molecule has 0 N–H and O–H groups in total. The van der Waals surface area contributed by atoms with Crippen LogP contribution in [0, 0.1) is 10.1 Å². The van der Waals surface area contributed by atoms with Crippen LogP contribution in [0.25, 0.3) is 0 Å². The van der Waals surface area contributed by atoms with Crippen molar-refractivity contribution in [1.29, 1.82) is 0 Å². The molecule has 2 rings (SSSR count). The van der Waals surface area contributed by atoms with Gasteiger partial charge in [0.2, 0.25) is 0 Å². The molecule has 0 radical (unpaired) electrons. The summed E-state index contributed by atoms with van der Waals surface area (Å²) < 4.78 is 2.01. The van der Waals surface area contributed by atoms with Gasteiger partial charge in [-0.05, 0) is 12.5 Å². The van der Waals surface area contributed by atoms with Gasteiger partial charge in [0.1, 0.15) is 0 Å². The highest BCUT2D eigenvalue weighted by Gasteiger charge is 2.11. The van der Waals surface area contributed by atoms with Gasteiger partial charge in [-0.25, -0.2) is 4.98 Å². The number of rotatable bonds is 6. The summed E-state index contributed by atoms with van der Waals surface area (Å²) in [4.78, 5) is 16.2. The van der Waals surface area contributed by atoms with Crippen LogP contribution in [0.15, 0.2) is 36.9 Å². The van der Waals surface area contributed by atoms with Crippen molar-refractivity contribution < 1.29 is 4.92 Å². The van der Waals surface area contributed by atoms with E-state index in [1.54, 1.807) is 18.6 Å². The third-order valence-corrected chi connectivity index (χ3v) is 3.33. The van der Waals surface area contributed by atoms with Gasteiger partial charge >= 0.3 is 0 Å². The van der Waals surface area contributed by atoms with Crippen molar-refractivity contribution in [2.75, 3.05) is 18.5 Å². The molecule has 7 heteroatoms. The summed E-state index contributed by atoms with van der Waals surface area (Å²) in [5.74, 6) is 0. The quantitative estimate of drug-likeness (QED) is 0.607. The first-order chi connectivity index (χ1) is 9.58. The molecule has 0 spiro atoms. The van der Waals surface area contributed by atoms with E-state index in [0.29, 0.717) is 5.02 Å². The lowest BCUT2D eigenvalue weighted by molar-refractivity contribution is -0.384. The van der Waals surface area contributed by atoms with Crippen molar-refractivity contribution >= 4 is 23.0 Å². The molecule has 1 aromatic heterocycles. The summed E-state index contributed by atoms with van der Waals surface area (Å²) in [6, 6.07) is 4.52. The largest absolute Gasteiger partial charge is 0.373 e. The molecule has 6 nitrogen and oxygen atoms in total. The van der Waals surface area contributed by atoms with Gasteiger partial charge in [0, 0.05) is 44.7 Å². The standard InChI is InChI=1S/C13H15ClN4O2/c1-16(6-2-7-17-8-5-15-10-17)13-4-3-11(18(19)20)9-12(13)14/h3-5,8-10H,2,6-7H2,1H3. The monoisotopic (exact) mass is 294 g/mol. The van der Waals surface area contributed by atoms with Gasteiger partial charge < -0.3 is 9.47 Å². The second kappa shape index (κ2) is 6.38. The summed E-state index contributed by atoms with van der Waals surface area (Å²) in [5.41, 5.74) is 0.800. The molecule has 0 fully saturated rings. The molecule has 0 amide bonds. The predicted octanol–water partition coefficient (Wildman–Crippen LogP) is 2.97. The third-order valence-electron chi connectivity index (χ3n) is 3.02. The first kappa shape index (κ1) is 14.3. The highest BCUT2D eigenvalue weighted by molar-refractivity contribution is 6.33. The van der Waals surface area contributed by atoms with Crippen LogP contribution in [0.4, 0.5) is 11.4 Å². The molecule has 0 aliphatic heterocycles. The fourth-order valence-corrected chi connectivity index (χ4v) is 2.27. The lowest BCUT2D eigenvalue weighted by Crippen LogP contribution is -2.20. The van der Waals surface area contributed by atoms with E-state index in [4.69, 9.17) is 11.6 Å². The molecule has 0 bridgehead atoms. The Morgan fingerprint density at radius 2 is 2.30 bits per heavy atom. The normalized spacial score (nSPS) is 10.5.